The molecule has 2 heteroatoms. The summed E-state index contributed by atoms with van der Waals surface area (Å²) in [5, 5.41) is 10.3. The summed E-state index contributed by atoms with van der Waals surface area (Å²) >= 11 is 0. The third-order valence-corrected chi connectivity index (χ3v) is 5.49. The van der Waals surface area contributed by atoms with Crippen LogP contribution in [-0.2, 0) is 26.2 Å². The van der Waals surface area contributed by atoms with E-state index in [9.17, 15) is 5.11 Å². The van der Waals surface area contributed by atoms with Crippen molar-refractivity contribution in [3.63, 3.8) is 0 Å². The summed E-state index contributed by atoms with van der Waals surface area (Å²) in [5.41, 5.74) is 2.02. The van der Waals surface area contributed by atoms with Crippen molar-refractivity contribution in [2.24, 2.45) is 5.41 Å². The van der Waals surface area contributed by atoms with Crippen LogP contribution < -0.4 is 0 Å². The van der Waals surface area contributed by atoms with Crippen LogP contribution in [0.5, 0.6) is 0 Å². The van der Waals surface area contributed by atoms with Crippen LogP contribution in [0.2, 0.25) is 0 Å². The molecule has 0 spiro atoms. The van der Waals surface area contributed by atoms with Gasteiger partial charge in [-0.05, 0) is 13.8 Å². The van der Waals surface area contributed by atoms with Crippen LogP contribution >= 0.6 is 0 Å². The molecule has 1 N–H and O–H groups in total. The molecule has 4 rings (SSSR count). The van der Waals surface area contributed by atoms with Gasteiger partial charge in [-0.2, -0.15) is 18.2 Å². The van der Waals surface area contributed by atoms with Crippen molar-refractivity contribution in [1.82, 2.24) is 0 Å². The minimum Gasteiger partial charge on any atom is -0.748 e. The quantitative estimate of drug-likeness (QED) is 0.158. The molecule has 0 fully saturated rings. The van der Waals surface area contributed by atoms with Crippen molar-refractivity contribution in [1.29, 1.82) is 0 Å². The van der Waals surface area contributed by atoms with Crippen molar-refractivity contribution in [3.05, 3.63) is 151 Å². The molecule has 0 saturated heterocycles. The molecular formula is C32H35OZr-7. The van der Waals surface area contributed by atoms with Crippen molar-refractivity contribution >= 4 is 5.57 Å². The van der Waals surface area contributed by atoms with Gasteiger partial charge in [-0.25, -0.2) is 12.1 Å². The summed E-state index contributed by atoms with van der Waals surface area (Å²) in [6.45, 7) is 7.75. The van der Waals surface area contributed by atoms with E-state index in [1.807, 2.05) is 137 Å². The first-order valence-electron chi connectivity index (χ1n) is 11.3. The Morgan fingerprint density at radius 3 is 1.62 bits per heavy atom. The number of allylic oxidation sites excluding steroid dienone is 2. The Hall–Kier alpha value is -2.54. The fourth-order valence-electron chi connectivity index (χ4n) is 2.64. The van der Waals surface area contributed by atoms with Crippen LogP contribution in [-0.4, -0.2) is 10.7 Å². The second-order valence-electron chi connectivity index (χ2n) is 8.81. The fraction of sp³-hybridized carbons (Fsp3) is 0.188. The third kappa shape index (κ3) is 11.1. The Kier molecular flexibility index (Phi) is 13.3. The van der Waals surface area contributed by atoms with E-state index in [0.717, 1.165) is 16.7 Å². The number of hydrogen-bond acceptors (Lipinski definition) is 1. The normalized spacial score (nSPS) is 11.5. The van der Waals surface area contributed by atoms with Crippen LogP contribution in [0.15, 0.2) is 133 Å². The van der Waals surface area contributed by atoms with E-state index in [1.54, 1.807) is 0 Å². The van der Waals surface area contributed by atoms with Gasteiger partial charge in [-0.3, -0.25) is 0 Å². The first-order valence-corrected chi connectivity index (χ1v) is 11.3. The van der Waals surface area contributed by atoms with E-state index in [0.29, 0.717) is 0 Å². The van der Waals surface area contributed by atoms with Crippen LogP contribution in [0.4, 0.5) is 0 Å². The summed E-state index contributed by atoms with van der Waals surface area (Å²) in [6, 6.07) is 40.3. The second-order valence-corrected chi connectivity index (χ2v) is 8.81. The molecule has 0 aromatic heterocycles. The maximum absolute atomic E-state index is 10.3. The van der Waals surface area contributed by atoms with Crippen molar-refractivity contribution in [3.8, 4) is 0 Å². The molecule has 0 bridgehead atoms. The topological polar surface area (TPSA) is 20.2 Å². The van der Waals surface area contributed by atoms with Crippen molar-refractivity contribution in [2.75, 3.05) is 0 Å². The molecule has 0 atom stereocenters. The molecule has 1 nitrogen and oxygen atoms in total. The zero-order valence-electron chi connectivity index (χ0n) is 20.6. The minimum absolute atomic E-state index is 0. The van der Waals surface area contributed by atoms with Crippen LogP contribution in [0.3, 0.4) is 0 Å². The van der Waals surface area contributed by atoms with Crippen LogP contribution in [0.25, 0.3) is 5.57 Å². The molecule has 0 aliphatic heterocycles. The van der Waals surface area contributed by atoms with Crippen LogP contribution in [0, 0.1) is 11.5 Å². The average Bonchev–Trinajstić information content (AvgIpc) is 3.56. The maximum atomic E-state index is 10.3. The van der Waals surface area contributed by atoms with Gasteiger partial charge in [0.1, 0.15) is 0 Å². The Morgan fingerprint density at radius 2 is 1.21 bits per heavy atom. The Labute approximate surface area is 225 Å². The van der Waals surface area contributed by atoms with E-state index in [-0.39, 0.29) is 31.6 Å². The first-order chi connectivity index (χ1) is 15.8. The van der Waals surface area contributed by atoms with Gasteiger partial charge >= 0.3 is 0 Å². The molecule has 34 heavy (non-hydrogen) atoms. The Balaban J connectivity index is 0.000000430. The SMILES string of the molecule is CC(C)(O)C(C)(C)/C=C\C(=[C-]c1ccccc1)c1ccccc1.[Zr].[cH-]1[cH-][cH-][cH-][cH-]1.c1cc[cH-]c1. The number of rotatable bonds is 5. The van der Waals surface area contributed by atoms with Crippen molar-refractivity contribution in [2.45, 2.75) is 33.3 Å². The van der Waals surface area contributed by atoms with Gasteiger partial charge in [0.05, 0.1) is 5.60 Å². The Morgan fingerprint density at radius 1 is 0.735 bits per heavy atom. The number of aliphatic hydroxyl groups is 1. The summed E-state index contributed by atoms with van der Waals surface area (Å²) in [5.74, 6) is 0. The van der Waals surface area contributed by atoms with Gasteiger partial charge in [-0.1, -0.05) is 67.9 Å². The molecule has 0 aliphatic carbocycles. The van der Waals surface area contributed by atoms with E-state index >= 15 is 0 Å². The average molecular weight is 527 g/mol. The van der Waals surface area contributed by atoms with Gasteiger partial charge < -0.3 is 35.4 Å². The molecule has 4 aromatic carbocycles. The monoisotopic (exact) mass is 525 g/mol. The summed E-state index contributed by atoms with van der Waals surface area (Å²) in [6.07, 6.45) is 7.58. The predicted molar refractivity (Wildman–Crippen MR) is 142 cm³/mol. The van der Waals surface area contributed by atoms with Gasteiger partial charge in [0.25, 0.3) is 0 Å². The molecule has 0 saturated carbocycles. The molecule has 180 valence electrons. The standard InChI is InChI=1S/C22H25O.2C5H5.Zr/c1-21(2,22(3,4)23)16-15-20(19-13-9-6-10-14-19)17-18-11-7-5-8-12-18;2*1-2-4-5-3-1;/h5-16,23H,1-4H3;2*1-5H;/q-1;-5;-1;/b16-15-;;;. The molecule has 0 amide bonds. The van der Waals surface area contributed by atoms with E-state index < -0.39 is 5.60 Å². The molecule has 0 unspecified atom stereocenters. The molecular weight excluding hydrogens is 492 g/mol. The zero-order chi connectivity index (χ0) is 24.0. The zero-order valence-corrected chi connectivity index (χ0v) is 23.1. The summed E-state index contributed by atoms with van der Waals surface area (Å²) in [7, 11) is 0. The first kappa shape index (κ1) is 29.5. The summed E-state index contributed by atoms with van der Waals surface area (Å²) in [4.78, 5) is 0. The van der Waals surface area contributed by atoms with Gasteiger partial charge in [0, 0.05) is 31.6 Å². The smallest absolute Gasteiger partial charge is 0.0670 e. The van der Waals surface area contributed by atoms with E-state index in [4.69, 9.17) is 0 Å². The second kappa shape index (κ2) is 15.4. The maximum Gasteiger partial charge on any atom is 0.0670 e. The van der Waals surface area contributed by atoms with Gasteiger partial charge in [0.2, 0.25) is 0 Å². The van der Waals surface area contributed by atoms with Crippen molar-refractivity contribution < 1.29 is 31.3 Å². The molecule has 0 radical (unpaired) electrons. The number of benzene rings is 2. The minimum atomic E-state index is -0.794. The van der Waals surface area contributed by atoms with Crippen LogP contribution in [0.1, 0.15) is 38.8 Å². The predicted octanol–water partition coefficient (Wildman–Crippen LogP) is 8.08. The molecule has 4 aromatic rings. The largest absolute Gasteiger partial charge is 0.748 e. The van der Waals surface area contributed by atoms with E-state index in [2.05, 4.69) is 30.4 Å². The molecule has 0 heterocycles. The van der Waals surface area contributed by atoms with Gasteiger partial charge in [-0.15, -0.1) is 41.5 Å². The third-order valence-electron chi connectivity index (χ3n) is 5.49. The van der Waals surface area contributed by atoms with Gasteiger partial charge in [0.15, 0.2) is 0 Å². The fourth-order valence-corrected chi connectivity index (χ4v) is 2.64. The summed E-state index contributed by atoms with van der Waals surface area (Å²) < 4.78 is 0. The number of hydrogen-bond donors (Lipinski definition) is 1. The molecule has 0 aliphatic rings. The van der Waals surface area contributed by atoms with E-state index in [1.165, 1.54) is 0 Å². The Bertz CT molecular complexity index is 973.